The average molecular weight is 481 g/mol. The van der Waals surface area contributed by atoms with E-state index in [9.17, 15) is 9.59 Å². The molecule has 2 aliphatic rings. The van der Waals surface area contributed by atoms with Gasteiger partial charge in [-0.1, -0.05) is 68.4 Å². The maximum absolute atomic E-state index is 14.1. The Morgan fingerprint density at radius 3 is 2.39 bits per heavy atom. The number of ketones is 1. The minimum absolute atomic E-state index is 0.0549. The van der Waals surface area contributed by atoms with Crippen LogP contribution in [0.3, 0.4) is 0 Å². The minimum Gasteiger partial charge on any atom is -0.494 e. The summed E-state index contributed by atoms with van der Waals surface area (Å²) < 4.78 is 5.67. The fourth-order valence-electron chi connectivity index (χ4n) is 5.35. The number of hydrogen-bond donors (Lipinski definition) is 1. The van der Waals surface area contributed by atoms with Crippen LogP contribution in [0.2, 0.25) is 0 Å². The van der Waals surface area contributed by atoms with Gasteiger partial charge in [-0.05, 0) is 54.2 Å². The summed E-state index contributed by atoms with van der Waals surface area (Å²) >= 11 is 0. The van der Waals surface area contributed by atoms with Crippen molar-refractivity contribution in [3.05, 3.63) is 101 Å². The standard InChI is InChI=1S/C31H32N2O3/c1-4-36-23-16-14-22(15-17-23)30-29-25(19-31(2,3)20-27(29)34)32-24-12-8-9-13-26(24)33(30)28(35)18-21-10-6-5-7-11-21/h5-17,30,32H,4,18-20H2,1-3H3/t30-/m1/s1. The molecule has 5 nitrogen and oxygen atoms in total. The topological polar surface area (TPSA) is 58.6 Å². The Labute approximate surface area is 212 Å². The second-order valence-corrected chi connectivity index (χ2v) is 10.3. The number of ether oxygens (including phenoxy) is 1. The molecule has 1 atom stereocenters. The first kappa shape index (κ1) is 23.9. The number of anilines is 2. The van der Waals surface area contributed by atoms with E-state index in [1.807, 2.05) is 90.7 Å². The van der Waals surface area contributed by atoms with E-state index in [1.54, 1.807) is 0 Å². The molecule has 1 amide bonds. The van der Waals surface area contributed by atoms with Crippen LogP contribution < -0.4 is 15.0 Å². The van der Waals surface area contributed by atoms with Gasteiger partial charge in [0.25, 0.3) is 0 Å². The highest BCUT2D eigenvalue weighted by Crippen LogP contribution is 2.48. The molecule has 1 aliphatic heterocycles. The molecule has 0 spiro atoms. The highest BCUT2D eigenvalue weighted by molar-refractivity contribution is 6.06. The van der Waals surface area contributed by atoms with Crippen molar-refractivity contribution in [3.63, 3.8) is 0 Å². The summed E-state index contributed by atoms with van der Waals surface area (Å²) in [6.07, 6.45) is 1.42. The predicted octanol–water partition coefficient (Wildman–Crippen LogP) is 6.47. The Hall–Kier alpha value is -3.86. The third-order valence-corrected chi connectivity index (χ3v) is 6.87. The van der Waals surface area contributed by atoms with E-state index in [0.717, 1.165) is 40.4 Å². The molecule has 36 heavy (non-hydrogen) atoms. The summed E-state index contributed by atoms with van der Waals surface area (Å²) in [5, 5.41) is 3.57. The Bertz CT molecular complexity index is 1310. The van der Waals surface area contributed by atoms with Gasteiger partial charge in [-0.2, -0.15) is 0 Å². The first-order valence-electron chi connectivity index (χ1n) is 12.6. The smallest absolute Gasteiger partial charge is 0.232 e. The zero-order chi connectivity index (χ0) is 25.3. The van der Waals surface area contributed by atoms with Crippen LogP contribution in [0.1, 0.15) is 50.8 Å². The van der Waals surface area contributed by atoms with Crippen LogP contribution in [0.15, 0.2) is 90.1 Å². The normalized spacial score (nSPS) is 18.6. The van der Waals surface area contributed by atoms with Crippen LogP contribution in [0, 0.1) is 5.41 Å². The number of nitrogens with one attached hydrogen (secondary N) is 1. The van der Waals surface area contributed by atoms with Gasteiger partial charge in [0.05, 0.1) is 30.4 Å². The quantitative estimate of drug-likeness (QED) is 0.455. The van der Waals surface area contributed by atoms with E-state index in [2.05, 4.69) is 19.2 Å². The van der Waals surface area contributed by atoms with Gasteiger partial charge in [-0.25, -0.2) is 0 Å². The van der Waals surface area contributed by atoms with Crippen molar-refractivity contribution in [2.75, 3.05) is 16.8 Å². The average Bonchev–Trinajstić information content (AvgIpc) is 2.99. The van der Waals surface area contributed by atoms with E-state index < -0.39 is 6.04 Å². The number of nitrogens with zero attached hydrogens (tertiary/aromatic N) is 1. The highest BCUT2D eigenvalue weighted by atomic mass is 16.5. The van der Waals surface area contributed by atoms with Crippen molar-refractivity contribution in [2.24, 2.45) is 5.41 Å². The Morgan fingerprint density at radius 1 is 0.972 bits per heavy atom. The molecule has 0 aromatic heterocycles. The van der Waals surface area contributed by atoms with Crippen molar-refractivity contribution in [2.45, 2.75) is 46.1 Å². The van der Waals surface area contributed by atoms with E-state index in [1.165, 1.54) is 0 Å². The SMILES string of the molecule is CCOc1ccc([C@@H]2C3=C(CC(C)(C)CC3=O)Nc3ccccc3N2C(=O)Cc2ccccc2)cc1. The lowest BCUT2D eigenvalue weighted by Crippen LogP contribution is -2.40. The molecule has 0 saturated heterocycles. The number of hydrogen-bond acceptors (Lipinski definition) is 4. The summed E-state index contributed by atoms with van der Waals surface area (Å²) in [6, 6.07) is 24.8. The van der Waals surface area contributed by atoms with Gasteiger partial charge in [0, 0.05) is 17.7 Å². The fourth-order valence-corrected chi connectivity index (χ4v) is 5.35. The van der Waals surface area contributed by atoms with Crippen molar-refractivity contribution < 1.29 is 14.3 Å². The van der Waals surface area contributed by atoms with E-state index in [0.29, 0.717) is 18.6 Å². The summed E-state index contributed by atoms with van der Waals surface area (Å²) in [4.78, 5) is 29.7. The zero-order valence-electron chi connectivity index (χ0n) is 21.1. The molecule has 1 aliphatic carbocycles. The van der Waals surface area contributed by atoms with Gasteiger partial charge < -0.3 is 10.1 Å². The molecule has 0 saturated carbocycles. The molecule has 0 radical (unpaired) electrons. The molecule has 3 aromatic rings. The largest absolute Gasteiger partial charge is 0.494 e. The number of benzene rings is 3. The van der Waals surface area contributed by atoms with Gasteiger partial charge >= 0.3 is 0 Å². The van der Waals surface area contributed by atoms with Crippen molar-refractivity contribution in [1.29, 1.82) is 0 Å². The third-order valence-electron chi connectivity index (χ3n) is 6.87. The van der Waals surface area contributed by atoms with Gasteiger partial charge in [0.2, 0.25) is 5.91 Å². The fraction of sp³-hybridized carbons (Fsp3) is 0.290. The van der Waals surface area contributed by atoms with Gasteiger partial charge in [-0.3, -0.25) is 14.5 Å². The summed E-state index contributed by atoms with van der Waals surface area (Å²) in [5.41, 5.74) is 4.85. The number of carbonyl (C=O) groups is 2. The number of amides is 1. The van der Waals surface area contributed by atoms with Gasteiger partial charge in [0.1, 0.15) is 5.75 Å². The van der Waals surface area contributed by atoms with Gasteiger partial charge in [0.15, 0.2) is 5.78 Å². The maximum Gasteiger partial charge on any atom is 0.232 e. The first-order chi connectivity index (χ1) is 17.4. The van der Waals surface area contributed by atoms with Crippen LogP contribution >= 0.6 is 0 Å². The summed E-state index contributed by atoms with van der Waals surface area (Å²) in [6.45, 7) is 6.77. The Kier molecular flexibility index (Phi) is 6.40. The molecule has 184 valence electrons. The lowest BCUT2D eigenvalue weighted by Gasteiger charge is -2.37. The number of fused-ring (bicyclic) bond motifs is 1. The molecule has 5 rings (SSSR count). The van der Waals surface area contributed by atoms with Crippen molar-refractivity contribution in [1.82, 2.24) is 0 Å². The Morgan fingerprint density at radius 2 is 1.67 bits per heavy atom. The van der Waals surface area contributed by atoms with Crippen LogP contribution in [0.4, 0.5) is 11.4 Å². The van der Waals surface area contributed by atoms with Gasteiger partial charge in [-0.15, -0.1) is 0 Å². The number of rotatable bonds is 5. The van der Waals surface area contributed by atoms with Crippen molar-refractivity contribution >= 4 is 23.1 Å². The summed E-state index contributed by atoms with van der Waals surface area (Å²) in [5.74, 6) is 0.791. The number of Topliss-reactive ketones (excluding diaryl/α,β-unsaturated/α-hetero) is 1. The molecule has 0 unspecified atom stereocenters. The molecule has 1 N–H and O–H groups in total. The second-order valence-electron chi connectivity index (χ2n) is 10.3. The lowest BCUT2D eigenvalue weighted by atomic mass is 9.73. The van der Waals surface area contributed by atoms with E-state index in [-0.39, 0.29) is 23.5 Å². The second kappa shape index (κ2) is 9.65. The summed E-state index contributed by atoms with van der Waals surface area (Å²) in [7, 11) is 0. The predicted molar refractivity (Wildman–Crippen MR) is 143 cm³/mol. The molecule has 5 heteroatoms. The molecule has 0 fully saturated rings. The van der Waals surface area contributed by atoms with E-state index in [4.69, 9.17) is 4.74 Å². The van der Waals surface area contributed by atoms with Crippen LogP contribution in [0.5, 0.6) is 5.75 Å². The number of para-hydroxylation sites is 2. The first-order valence-corrected chi connectivity index (χ1v) is 12.6. The Balaban J connectivity index is 1.70. The number of carbonyl (C=O) groups excluding carboxylic acids is 2. The minimum atomic E-state index is -0.536. The van der Waals surface area contributed by atoms with Crippen LogP contribution in [-0.4, -0.2) is 18.3 Å². The van der Waals surface area contributed by atoms with E-state index >= 15 is 0 Å². The highest BCUT2D eigenvalue weighted by Gasteiger charge is 2.43. The molecular weight excluding hydrogens is 448 g/mol. The molecule has 3 aromatic carbocycles. The molecular formula is C31H32N2O3. The molecule has 1 heterocycles. The molecule has 0 bridgehead atoms. The number of allylic oxidation sites excluding steroid dienone is 1. The van der Waals surface area contributed by atoms with Crippen LogP contribution in [0.25, 0.3) is 0 Å². The maximum atomic E-state index is 14.1. The van der Waals surface area contributed by atoms with Crippen molar-refractivity contribution in [3.8, 4) is 5.75 Å². The monoisotopic (exact) mass is 480 g/mol. The third kappa shape index (κ3) is 4.66. The lowest BCUT2D eigenvalue weighted by molar-refractivity contribution is -0.119. The van der Waals surface area contributed by atoms with Crippen LogP contribution in [-0.2, 0) is 16.0 Å². The zero-order valence-corrected chi connectivity index (χ0v) is 21.1.